The highest BCUT2D eigenvalue weighted by atomic mass is 16.6. The number of carbonyl (C=O) groups is 3. The van der Waals surface area contributed by atoms with E-state index in [-0.39, 0.29) is 6.09 Å². The summed E-state index contributed by atoms with van der Waals surface area (Å²) in [6.45, 7) is 6.50. The predicted molar refractivity (Wildman–Crippen MR) is 105 cm³/mol. The second-order valence-corrected chi connectivity index (χ2v) is 5.81. The fourth-order valence-electron chi connectivity index (χ4n) is 2.37. The number of carbonyl (C=O) groups excluding carboxylic acids is 1. The summed E-state index contributed by atoms with van der Waals surface area (Å²) in [4.78, 5) is 34.8. The number of carboxylic acid groups (broad SMARTS) is 2. The SMILES string of the molecule is CCOC(=O)N1CCN(C/C=C\c2ccccc2)CC1.O=C(O)/C=C/C(=O)O. The van der Waals surface area contributed by atoms with Gasteiger partial charge in [-0.15, -0.1) is 0 Å². The monoisotopic (exact) mass is 390 g/mol. The molecule has 152 valence electrons. The zero-order valence-corrected chi connectivity index (χ0v) is 15.9. The van der Waals surface area contributed by atoms with Gasteiger partial charge in [-0.25, -0.2) is 14.4 Å². The summed E-state index contributed by atoms with van der Waals surface area (Å²) >= 11 is 0. The van der Waals surface area contributed by atoms with Crippen LogP contribution in [0.25, 0.3) is 6.08 Å². The number of hydrogen-bond acceptors (Lipinski definition) is 5. The molecule has 0 radical (unpaired) electrons. The number of hydrogen-bond donors (Lipinski definition) is 2. The molecule has 0 aromatic heterocycles. The molecule has 0 saturated carbocycles. The second kappa shape index (κ2) is 13.1. The first kappa shape index (κ1) is 22.9. The Bertz CT molecular complexity index is 663. The molecule has 0 unspecified atom stereocenters. The van der Waals surface area contributed by atoms with E-state index in [4.69, 9.17) is 14.9 Å². The van der Waals surface area contributed by atoms with Crippen LogP contribution in [-0.4, -0.2) is 77.4 Å². The molecule has 1 aliphatic heterocycles. The summed E-state index contributed by atoms with van der Waals surface area (Å²) in [5.41, 5.74) is 1.22. The van der Waals surface area contributed by atoms with E-state index in [2.05, 4.69) is 29.2 Å². The number of ether oxygens (including phenoxy) is 1. The van der Waals surface area contributed by atoms with E-state index in [9.17, 15) is 14.4 Å². The Morgan fingerprint density at radius 3 is 2.07 bits per heavy atom. The lowest BCUT2D eigenvalue weighted by Gasteiger charge is -2.33. The third kappa shape index (κ3) is 10.1. The number of carboxylic acids is 2. The van der Waals surface area contributed by atoms with Crippen LogP contribution >= 0.6 is 0 Å². The molecule has 1 aliphatic rings. The van der Waals surface area contributed by atoms with Crippen LogP contribution in [0.15, 0.2) is 48.6 Å². The van der Waals surface area contributed by atoms with Gasteiger partial charge in [0.25, 0.3) is 0 Å². The molecule has 1 aromatic carbocycles. The lowest BCUT2D eigenvalue weighted by molar-refractivity contribution is -0.134. The molecule has 0 bridgehead atoms. The van der Waals surface area contributed by atoms with Crippen LogP contribution in [0.2, 0.25) is 0 Å². The number of rotatable bonds is 6. The largest absolute Gasteiger partial charge is 0.478 e. The van der Waals surface area contributed by atoms with Gasteiger partial charge in [0.2, 0.25) is 0 Å². The van der Waals surface area contributed by atoms with Crippen molar-refractivity contribution < 1.29 is 29.3 Å². The fourth-order valence-corrected chi connectivity index (χ4v) is 2.37. The fraction of sp³-hybridized carbons (Fsp3) is 0.350. The quantitative estimate of drug-likeness (QED) is 0.717. The Morgan fingerprint density at radius 1 is 1.00 bits per heavy atom. The highest BCUT2D eigenvalue weighted by molar-refractivity contribution is 5.89. The highest BCUT2D eigenvalue weighted by Crippen LogP contribution is 2.05. The number of nitrogens with zero attached hydrogens (tertiary/aromatic N) is 2. The van der Waals surface area contributed by atoms with E-state index >= 15 is 0 Å². The summed E-state index contributed by atoms with van der Waals surface area (Å²) in [5, 5.41) is 15.6. The minimum absolute atomic E-state index is 0.188. The highest BCUT2D eigenvalue weighted by Gasteiger charge is 2.20. The van der Waals surface area contributed by atoms with Gasteiger partial charge in [-0.05, 0) is 12.5 Å². The van der Waals surface area contributed by atoms with Gasteiger partial charge in [0.15, 0.2) is 0 Å². The molecule has 28 heavy (non-hydrogen) atoms. The zero-order chi connectivity index (χ0) is 20.8. The van der Waals surface area contributed by atoms with E-state index in [1.807, 2.05) is 25.1 Å². The average Bonchev–Trinajstić information content (AvgIpc) is 2.68. The molecule has 2 N–H and O–H groups in total. The van der Waals surface area contributed by atoms with Crippen molar-refractivity contribution in [3.63, 3.8) is 0 Å². The second-order valence-electron chi connectivity index (χ2n) is 5.81. The minimum Gasteiger partial charge on any atom is -0.478 e. The average molecular weight is 390 g/mol. The summed E-state index contributed by atoms with van der Waals surface area (Å²) in [6, 6.07) is 10.3. The molecule has 8 nitrogen and oxygen atoms in total. The van der Waals surface area contributed by atoms with Gasteiger partial charge in [0.05, 0.1) is 6.61 Å². The Balaban J connectivity index is 0.000000416. The first-order valence-electron chi connectivity index (χ1n) is 8.92. The van der Waals surface area contributed by atoms with Crippen molar-refractivity contribution in [3.8, 4) is 0 Å². The normalized spacial score (nSPS) is 14.5. The molecule has 2 rings (SSSR count). The first-order valence-corrected chi connectivity index (χ1v) is 8.92. The third-order valence-corrected chi connectivity index (χ3v) is 3.74. The predicted octanol–water partition coefficient (Wildman–Crippen LogP) is 2.19. The van der Waals surface area contributed by atoms with Crippen LogP contribution in [-0.2, 0) is 14.3 Å². The number of benzene rings is 1. The summed E-state index contributed by atoms with van der Waals surface area (Å²) in [6.07, 6.45) is 5.24. The van der Waals surface area contributed by atoms with Crippen molar-refractivity contribution in [3.05, 3.63) is 54.1 Å². The summed E-state index contributed by atoms with van der Waals surface area (Å²) < 4.78 is 5.01. The first-order chi connectivity index (χ1) is 13.4. The molecule has 8 heteroatoms. The molecule has 1 heterocycles. The van der Waals surface area contributed by atoms with E-state index < -0.39 is 11.9 Å². The van der Waals surface area contributed by atoms with Crippen molar-refractivity contribution in [1.82, 2.24) is 9.80 Å². The Morgan fingerprint density at radius 2 is 1.57 bits per heavy atom. The molecule has 0 spiro atoms. The van der Waals surface area contributed by atoms with Crippen LogP contribution in [0.5, 0.6) is 0 Å². The summed E-state index contributed by atoms with van der Waals surface area (Å²) in [7, 11) is 0. The maximum absolute atomic E-state index is 11.6. The molecule has 1 fully saturated rings. The molecule has 1 saturated heterocycles. The number of piperazine rings is 1. The number of amides is 1. The lowest BCUT2D eigenvalue weighted by Crippen LogP contribution is -2.48. The van der Waals surface area contributed by atoms with E-state index in [0.717, 1.165) is 32.7 Å². The van der Waals surface area contributed by atoms with Crippen LogP contribution in [0, 0.1) is 0 Å². The van der Waals surface area contributed by atoms with Gasteiger partial charge < -0.3 is 19.8 Å². The van der Waals surface area contributed by atoms with Gasteiger partial charge in [-0.2, -0.15) is 0 Å². The van der Waals surface area contributed by atoms with Crippen LogP contribution in [0.1, 0.15) is 12.5 Å². The molecule has 0 aliphatic carbocycles. The molecule has 0 atom stereocenters. The Kier molecular flexibility index (Phi) is 10.7. The van der Waals surface area contributed by atoms with E-state index in [1.54, 1.807) is 4.90 Å². The Hall–Kier alpha value is -3.13. The van der Waals surface area contributed by atoms with Crippen molar-refractivity contribution in [2.45, 2.75) is 6.92 Å². The van der Waals surface area contributed by atoms with Gasteiger partial charge in [-0.3, -0.25) is 4.90 Å². The van der Waals surface area contributed by atoms with Gasteiger partial charge >= 0.3 is 18.0 Å². The molecule has 1 amide bonds. The molecular formula is C20H26N2O6. The van der Waals surface area contributed by atoms with E-state index in [1.165, 1.54) is 5.56 Å². The smallest absolute Gasteiger partial charge is 0.409 e. The van der Waals surface area contributed by atoms with E-state index in [0.29, 0.717) is 18.8 Å². The van der Waals surface area contributed by atoms with Crippen molar-refractivity contribution in [2.24, 2.45) is 0 Å². The van der Waals surface area contributed by atoms with Crippen LogP contribution in [0.4, 0.5) is 4.79 Å². The van der Waals surface area contributed by atoms with Crippen molar-refractivity contribution >= 4 is 24.1 Å². The van der Waals surface area contributed by atoms with Gasteiger partial charge in [-0.1, -0.05) is 42.5 Å². The third-order valence-electron chi connectivity index (χ3n) is 3.74. The lowest BCUT2D eigenvalue weighted by atomic mass is 10.2. The Labute approximate surface area is 164 Å². The maximum atomic E-state index is 11.6. The topological polar surface area (TPSA) is 107 Å². The van der Waals surface area contributed by atoms with Crippen LogP contribution < -0.4 is 0 Å². The standard InChI is InChI=1S/C16H22N2O2.C4H4O4/c1-2-20-16(19)18-13-11-17(12-14-18)10-6-9-15-7-4-3-5-8-15;5-3(6)1-2-4(7)8/h3-9H,2,10-14H2,1H3;1-2H,(H,5,6)(H,7,8)/b9-6-;2-1+. The van der Waals surface area contributed by atoms with Crippen molar-refractivity contribution in [1.29, 1.82) is 0 Å². The molecular weight excluding hydrogens is 364 g/mol. The van der Waals surface area contributed by atoms with Gasteiger partial charge in [0.1, 0.15) is 0 Å². The van der Waals surface area contributed by atoms with Crippen LogP contribution in [0.3, 0.4) is 0 Å². The van der Waals surface area contributed by atoms with Gasteiger partial charge in [0, 0.05) is 44.9 Å². The summed E-state index contributed by atoms with van der Waals surface area (Å²) in [5.74, 6) is -2.51. The van der Waals surface area contributed by atoms with Crippen molar-refractivity contribution in [2.75, 3.05) is 39.3 Å². The number of aliphatic carboxylic acids is 2. The minimum atomic E-state index is -1.26. The maximum Gasteiger partial charge on any atom is 0.409 e. The molecule has 1 aromatic rings. The zero-order valence-electron chi connectivity index (χ0n) is 15.9.